The van der Waals surface area contributed by atoms with Crippen LogP contribution in [0.5, 0.6) is 0 Å². The molecule has 1 aromatic heterocycles. The first-order chi connectivity index (χ1) is 14.6. The molecule has 0 saturated carbocycles. The number of carbonyl (C=O) groups excluding carboxylic acids is 1. The number of alkyl halides is 3. The van der Waals surface area contributed by atoms with Crippen LogP contribution in [0.2, 0.25) is 0 Å². The Kier molecular flexibility index (Phi) is 5.17. The van der Waals surface area contributed by atoms with Crippen molar-refractivity contribution in [3.8, 4) is 0 Å². The summed E-state index contributed by atoms with van der Waals surface area (Å²) in [6, 6.07) is 9.59. The fourth-order valence-corrected chi connectivity index (χ4v) is 4.36. The molecule has 2 aromatic carbocycles. The molecule has 0 aliphatic carbocycles. The van der Waals surface area contributed by atoms with Crippen LogP contribution in [0.3, 0.4) is 0 Å². The topological polar surface area (TPSA) is 79.2 Å². The van der Waals surface area contributed by atoms with E-state index >= 15 is 0 Å². The number of amides is 1. The number of aromatic nitrogens is 2. The molecule has 1 aliphatic rings. The minimum atomic E-state index is -4.53. The molecule has 0 spiro atoms. The molecule has 31 heavy (non-hydrogen) atoms. The number of hydrogen-bond acceptors (Lipinski definition) is 4. The van der Waals surface area contributed by atoms with Crippen molar-refractivity contribution in [2.24, 2.45) is 7.05 Å². The molecule has 0 radical (unpaired) electrons. The van der Waals surface area contributed by atoms with Gasteiger partial charge in [0.25, 0.3) is 5.91 Å². The van der Waals surface area contributed by atoms with Crippen molar-refractivity contribution in [2.45, 2.75) is 37.6 Å². The molecular weight excluding hydrogens is 409 g/mol. The maximum Gasteiger partial charge on any atom is 0.389 e. The van der Waals surface area contributed by atoms with Crippen molar-refractivity contribution in [1.82, 2.24) is 14.9 Å². The number of anilines is 1. The highest BCUT2D eigenvalue weighted by atomic mass is 19.4. The smallest absolute Gasteiger partial charge is 0.389 e. The van der Waals surface area contributed by atoms with E-state index in [9.17, 15) is 23.1 Å². The second kappa shape index (κ2) is 7.56. The number of imidazole rings is 1. The number of aryl methyl sites for hydroxylation is 2. The summed E-state index contributed by atoms with van der Waals surface area (Å²) >= 11 is 0. The van der Waals surface area contributed by atoms with Crippen molar-refractivity contribution < 1.29 is 23.1 Å². The normalized spacial score (nSPS) is 20.9. The van der Waals surface area contributed by atoms with E-state index in [-0.39, 0.29) is 11.1 Å². The molecule has 9 heteroatoms. The molecule has 4 rings (SSSR count). The first-order valence-electron chi connectivity index (χ1n) is 9.90. The van der Waals surface area contributed by atoms with Gasteiger partial charge in [-0.3, -0.25) is 4.79 Å². The van der Waals surface area contributed by atoms with Gasteiger partial charge in [0.15, 0.2) is 0 Å². The van der Waals surface area contributed by atoms with Crippen molar-refractivity contribution in [2.75, 3.05) is 12.4 Å². The van der Waals surface area contributed by atoms with Crippen LogP contribution in [0.15, 0.2) is 36.4 Å². The van der Waals surface area contributed by atoms with E-state index < -0.39 is 36.6 Å². The zero-order valence-electron chi connectivity index (χ0n) is 17.3. The van der Waals surface area contributed by atoms with Crippen molar-refractivity contribution in [3.63, 3.8) is 0 Å². The Morgan fingerprint density at radius 3 is 2.58 bits per heavy atom. The standard InChI is InChI=1S/C22H23F3N4O2/c1-11-27-18-15(29(11)3)9-13(21(31)26-2)16-14(10-22(23,24)25)20(30)17(28-19(16)18)12-7-5-4-6-8-12/h4-9,14,17,20,28,30H,10H2,1-3H3,(H,26,31)/t14-,17+,20+/m0/s1. The lowest BCUT2D eigenvalue weighted by Gasteiger charge is -2.39. The van der Waals surface area contributed by atoms with Crippen LogP contribution in [0.1, 0.15) is 45.7 Å². The Labute approximate surface area is 177 Å². The van der Waals surface area contributed by atoms with Crippen molar-refractivity contribution in [3.05, 3.63) is 58.9 Å². The van der Waals surface area contributed by atoms with Crippen LogP contribution in [-0.4, -0.2) is 39.9 Å². The van der Waals surface area contributed by atoms with Gasteiger partial charge in [-0.15, -0.1) is 0 Å². The summed E-state index contributed by atoms with van der Waals surface area (Å²) in [7, 11) is 3.20. The number of rotatable bonds is 3. The molecule has 0 fully saturated rings. The van der Waals surface area contributed by atoms with Gasteiger partial charge < -0.3 is 20.3 Å². The van der Waals surface area contributed by atoms with Gasteiger partial charge in [-0.25, -0.2) is 4.98 Å². The minimum absolute atomic E-state index is 0.0975. The average Bonchev–Trinajstić information content (AvgIpc) is 3.02. The number of halogens is 3. The predicted octanol–water partition coefficient (Wildman–Crippen LogP) is 3.81. The highest BCUT2D eigenvalue weighted by Crippen LogP contribution is 2.49. The molecule has 2 heterocycles. The lowest BCUT2D eigenvalue weighted by molar-refractivity contribution is -0.145. The number of carbonyl (C=O) groups is 1. The van der Waals surface area contributed by atoms with Crippen LogP contribution in [0.4, 0.5) is 18.9 Å². The van der Waals surface area contributed by atoms with Gasteiger partial charge in [0, 0.05) is 25.6 Å². The van der Waals surface area contributed by atoms with Gasteiger partial charge in [-0.05, 0) is 24.1 Å². The second-order valence-electron chi connectivity index (χ2n) is 7.83. The summed E-state index contributed by atoms with van der Waals surface area (Å²) < 4.78 is 42.5. The van der Waals surface area contributed by atoms with Gasteiger partial charge >= 0.3 is 6.18 Å². The molecule has 0 bridgehead atoms. The van der Waals surface area contributed by atoms with Gasteiger partial charge in [-0.2, -0.15) is 13.2 Å². The maximum atomic E-state index is 13.6. The van der Waals surface area contributed by atoms with Crippen LogP contribution in [-0.2, 0) is 7.05 Å². The van der Waals surface area contributed by atoms with E-state index in [4.69, 9.17) is 0 Å². The number of hydrogen-bond donors (Lipinski definition) is 3. The average molecular weight is 432 g/mol. The lowest BCUT2D eigenvalue weighted by atomic mass is 9.77. The summed E-state index contributed by atoms with van der Waals surface area (Å²) in [5, 5.41) is 16.8. The first-order valence-corrected chi connectivity index (χ1v) is 9.90. The quantitative estimate of drug-likeness (QED) is 0.588. The number of nitrogens with one attached hydrogen (secondary N) is 2. The van der Waals surface area contributed by atoms with E-state index in [1.165, 1.54) is 7.05 Å². The minimum Gasteiger partial charge on any atom is -0.390 e. The van der Waals surface area contributed by atoms with Gasteiger partial charge in [0.1, 0.15) is 11.3 Å². The third-order valence-electron chi connectivity index (χ3n) is 5.95. The number of benzene rings is 2. The zero-order valence-corrected chi connectivity index (χ0v) is 17.3. The monoisotopic (exact) mass is 432 g/mol. The lowest BCUT2D eigenvalue weighted by Crippen LogP contribution is -2.39. The van der Waals surface area contributed by atoms with Crippen LogP contribution in [0, 0.1) is 6.92 Å². The summed E-state index contributed by atoms with van der Waals surface area (Å²) in [5.74, 6) is -1.19. The Morgan fingerprint density at radius 2 is 1.97 bits per heavy atom. The zero-order chi connectivity index (χ0) is 22.5. The molecular formula is C22H23F3N4O2. The molecule has 0 saturated heterocycles. The molecule has 0 unspecified atom stereocenters. The largest absolute Gasteiger partial charge is 0.390 e. The van der Waals surface area contributed by atoms with E-state index in [1.807, 2.05) is 0 Å². The highest BCUT2D eigenvalue weighted by molar-refractivity contribution is 6.04. The number of nitrogens with zero attached hydrogens (tertiary/aromatic N) is 2. The number of aliphatic hydroxyl groups is 1. The molecule has 6 nitrogen and oxygen atoms in total. The molecule has 164 valence electrons. The molecule has 1 aliphatic heterocycles. The van der Waals surface area contributed by atoms with Crippen molar-refractivity contribution in [1.29, 1.82) is 0 Å². The highest BCUT2D eigenvalue weighted by Gasteiger charge is 2.45. The van der Waals surface area contributed by atoms with Crippen LogP contribution >= 0.6 is 0 Å². The first kappa shape index (κ1) is 21.2. The Morgan fingerprint density at radius 1 is 1.29 bits per heavy atom. The molecule has 3 aromatic rings. The van der Waals surface area contributed by atoms with Crippen LogP contribution < -0.4 is 10.6 Å². The summed E-state index contributed by atoms with van der Waals surface area (Å²) in [5.41, 5.74) is 2.34. The van der Waals surface area contributed by atoms with E-state index in [2.05, 4.69) is 15.6 Å². The number of aliphatic hydroxyl groups excluding tert-OH is 1. The maximum absolute atomic E-state index is 13.6. The SMILES string of the molecule is CNC(=O)c1cc2c(nc(C)n2C)c2c1[C@H](CC(F)(F)F)[C@@H](O)[C@@H](c1ccccc1)N2. The fourth-order valence-electron chi connectivity index (χ4n) is 4.36. The van der Waals surface area contributed by atoms with E-state index in [1.54, 1.807) is 54.9 Å². The predicted molar refractivity (Wildman–Crippen MR) is 111 cm³/mol. The number of fused-ring (bicyclic) bond motifs is 3. The second-order valence-corrected chi connectivity index (χ2v) is 7.83. The van der Waals surface area contributed by atoms with Gasteiger partial charge in [-0.1, -0.05) is 30.3 Å². The van der Waals surface area contributed by atoms with Gasteiger partial charge in [0.05, 0.1) is 29.8 Å². The van der Waals surface area contributed by atoms with E-state index in [0.717, 1.165) is 0 Å². The van der Waals surface area contributed by atoms with Gasteiger partial charge in [0.2, 0.25) is 0 Å². The molecule has 3 N–H and O–H groups in total. The van der Waals surface area contributed by atoms with Crippen molar-refractivity contribution >= 4 is 22.6 Å². The summed E-state index contributed by atoms with van der Waals surface area (Å²) in [4.78, 5) is 17.2. The molecule has 1 amide bonds. The third-order valence-corrected chi connectivity index (χ3v) is 5.95. The fraction of sp³-hybridized carbons (Fsp3) is 0.364. The summed E-state index contributed by atoms with van der Waals surface area (Å²) in [6.07, 6.45) is -7.19. The van der Waals surface area contributed by atoms with E-state index in [0.29, 0.717) is 28.1 Å². The van der Waals surface area contributed by atoms with Crippen LogP contribution in [0.25, 0.3) is 11.0 Å². The summed E-state index contributed by atoms with van der Waals surface area (Å²) in [6.45, 7) is 1.78. The third kappa shape index (κ3) is 3.63. The Bertz CT molecular complexity index is 1140. The molecule has 3 atom stereocenters. The Balaban J connectivity index is 2.03. The Hall–Kier alpha value is -3.07.